The van der Waals surface area contributed by atoms with E-state index < -0.39 is 0 Å². The highest BCUT2D eigenvalue weighted by atomic mass is 16.6. The molecule has 104 valence electrons. The van der Waals surface area contributed by atoms with Crippen LogP contribution in [0.2, 0.25) is 0 Å². The summed E-state index contributed by atoms with van der Waals surface area (Å²) in [6, 6.07) is 3.62. The van der Waals surface area contributed by atoms with Crippen LogP contribution in [0.5, 0.6) is 11.5 Å². The van der Waals surface area contributed by atoms with Crippen LogP contribution < -0.4 is 14.8 Å². The van der Waals surface area contributed by atoms with Gasteiger partial charge in [0.1, 0.15) is 13.2 Å². The Hall–Kier alpha value is -1.75. The third kappa shape index (κ3) is 2.98. The molecule has 1 aliphatic rings. The molecule has 1 atom stereocenters. The monoisotopic (exact) mass is 265 g/mol. The number of anilines is 1. The largest absolute Gasteiger partial charge is 0.486 e. The second kappa shape index (κ2) is 5.93. The van der Waals surface area contributed by atoms with Crippen molar-refractivity contribution in [2.24, 2.45) is 5.92 Å². The van der Waals surface area contributed by atoms with Crippen LogP contribution in [0, 0.1) is 12.8 Å². The molecule has 19 heavy (non-hydrogen) atoms. The molecule has 1 amide bonds. The van der Waals surface area contributed by atoms with Crippen molar-refractivity contribution in [2.45, 2.75) is 20.3 Å². The highest BCUT2D eigenvalue weighted by molar-refractivity contribution is 5.93. The Morgan fingerprint density at radius 1 is 1.37 bits per heavy atom. The number of ether oxygens (including phenoxy) is 2. The van der Waals surface area contributed by atoms with E-state index in [4.69, 9.17) is 14.6 Å². The zero-order chi connectivity index (χ0) is 13.8. The molecule has 1 aromatic rings. The Morgan fingerprint density at radius 2 is 2.00 bits per heavy atom. The van der Waals surface area contributed by atoms with Gasteiger partial charge in [0.15, 0.2) is 11.5 Å². The van der Waals surface area contributed by atoms with Gasteiger partial charge in [-0.05, 0) is 25.0 Å². The minimum Gasteiger partial charge on any atom is -0.486 e. The molecule has 0 radical (unpaired) electrons. The first kappa shape index (κ1) is 13.7. The van der Waals surface area contributed by atoms with Crippen molar-refractivity contribution in [3.8, 4) is 11.5 Å². The number of fused-ring (bicyclic) bond motifs is 1. The highest BCUT2D eigenvalue weighted by Gasteiger charge is 2.19. The fraction of sp³-hybridized carbons (Fsp3) is 0.500. The number of aryl methyl sites for hydroxylation is 1. The molecule has 1 aromatic carbocycles. The standard InChI is InChI=1S/C14H19NO4/c1-3-10(8-16)14(17)15-11-7-13-12(6-9(11)2)18-4-5-19-13/h6-7,10,16H,3-5,8H2,1-2H3,(H,15,17). The molecule has 0 bridgehead atoms. The summed E-state index contributed by atoms with van der Waals surface area (Å²) < 4.78 is 11.0. The van der Waals surface area contributed by atoms with Crippen molar-refractivity contribution >= 4 is 11.6 Å². The minimum absolute atomic E-state index is 0.147. The summed E-state index contributed by atoms with van der Waals surface area (Å²) in [5, 5.41) is 12.0. The van der Waals surface area contributed by atoms with E-state index in [0.29, 0.717) is 36.8 Å². The number of nitrogens with one attached hydrogen (secondary N) is 1. The number of amides is 1. The summed E-state index contributed by atoms with van der Waals surface area (Å²) in [5.74, 6) is 0.789. The van der Waals surface area contributed by atoms with Crippen molar-refractivity contribution in [2.75, 3.05) is 25.1 Å². The van der Waals surface area contributed by atoms with E-state index in [1.807, 2.05) is 19.9 Å². The fourth-order valence-electron chi connectivity index (χ4n) is 1.96. The van der Waals surface area contributed by atoms with Crippen LogP contribution >= 0.6 is 0 Å². The Balaban J connectivity index is 2.18. The molecule has 0 spiro atoms. The molecule has 1 unspecified atom stereocenters. The van der Waals surface area contributed by atoms with Crippen LogP contribution in [-0.4, -0.2) is 30.8 Å². The average molecular weight is 265 g/mol. The molecule has 0 aromatic heterocycles. The van der Waals surface area contributed by atoms with Gasteiger partial charge in [-0.25, -0.2) is 0 Å². The maximum atomic E-state index is 12.0. The van der Waals surface area contributed by atoms with Gasteiger partial charge in [-0.3, -0.25) is 4.79 Å². The van der Waals surface area contributed by atoms with Gasteiger partial charge >= 0.3 is 0 Å². The Kier molecular flexibility index (Phi) is 4.27. The molecule has 0 saturated heterocycles. The van der Waals surface area contributed by atoms with Crippen LogP contribution in [0.15, 0.2) is 12.1 Å². The Morgan fingerprint density at radius 3 is 2.58 bits per heavy atom. The lowest BCUT2D eigenvalue weighted by molar-refractivity contribution is -0.121. The summed E-state index contributed by atoms with van der Waals surface area (Å²) in [4.78, 5) is 12.0. The first-order valence-electron chi connectivity index (χ1n) is 6.47. The van der Waals surface area contributed by atoms with Crippen LogP contribution in [0.1, 0.15) is 18.9 Å². The normalized spacial score (nSPS) is 14.9. The van der Waals surface area contributed by atoms with Gasteiger partial charge in [0.25, 0.3) is 0 Å². The molecule has 2 N–H and O–H groups in total. The molecule has 5 nitrogen and oxygen atoms in total. The molecule has 0 aliphatic carbocycles. The first-order valence-corrected chi connectivity index (χ1v) is 6.47. The molecule has 0 saturated carbocycles. The lowest BCUT2D eigenvalue weighted by Gasteiger charge is -2.21. The van der Waals surface area contributed by atoms with E-state index in [1.54, 1.807) is 6.07 Å². The quantitative estimate of drug-likeness (QED) is 0.870. The lowest BCUT2D eigenvalue weighted by atomic mass is 10.1. The molecule has 2 rings (SSSR count). The van der Waals surface area contributed by atoms with Crippen LogP contribution in [-0.2, 0) is 4.79 Å². The fourth-order valence-corrected chi connectivity index (χ4v) is 1.96. The second-order valence-electron chi connectivity index (χ2n) is 4.59. The van der Waals surface area contributed by atoms with Crippen LogP contribution in [0.3, 0.4) is 0 Å². The maximum Gasteiger partial charge on any atom is 0.229 e. The number of benzene rings is 1. The van der Waals surface area contributed by atoms with E-state index in [0.717, 1.165) is 5.56 Å². The summed E-state index contributed by atoms with van der Waals surface area (Å²) in [6.45, 7) is 4.68. The number of rotatable bonds is 4. The van der Waals surface area contributed by atoms with E-state index in [-0.39, 0.29) is 18.4 Å². The molecule has 0 fully saturated rings. The number of hydrogen-bond donors (Lipinski definition) is 2. The number of carbonyl (C=O) groups excluding carboxylic acids is 1. The van der Waals surface area contributed by atoms with Gasteiger partial charge in [-0.15, -0.1) is 0 Å². The van der Waals surface area contributed by atoms with E-state index in [1.165, 1.54) is 0 Å². The smallest absolute Gasteiger partial charge is 0.229 e. The van der Waals surface area contributed by atoms with Gasteiger partial charge in [0, 0.05) is 11.8 Å². The summed E-state index contributed by atoms with van der Waals surface area (Å²) in [7, 11) is 0. The molecule has 1 aliphatic heterocycles. The summed E-state index contributed by atoms with van der Waals surface area (Å²) >= 11 is 0. The van der Waals surface area contributed by atoms with Crippen molar-refractivity contribution in [1.29, 1.82) is 0 Å². The maximum absolute atomic E-state index is 12.0. The number of hydrogen-bond acceptors (Lipinski definition) is 4. The van der Waals surface area contributed by atoms with Gasteiger partial charge < -0.3 is 19.9 Å². The number of aliphatic hydroxyl groups is 1. The third-order valence-corrected chi connectivity index (χ3v) is 3.23. The number of carbonyl (C=O) groups is 1. The van der Waals surface area contributed by atoms with Crippen molar-refractivity contribution < 1.29 is 19.4 Å². The van der Waals surface area contributed by atoms with Crippen LogP contribution in [0.4, 0.5) is 5.69 Å². The van der Waals surface area contributed by atoms with Crippen molar-refractivity contribution in [3.05, 3.63) is 17.7 Å². The van der Waals surface area contributed by atoms with Crippen molar-refractivity contribution in [3.63, 3.8) is 0 Å². The van der Waals surface area contributed by atoms with Gasteiger partial charge in [0.2, 0.25) is 5.91 Å². The van der Waals surface area contributed by atoms with E-state index >= 15 is 0 Å². The Bertz CT molecular complexity index is 469. The molecular weight excluding hydrogens is 246 g/mol. The average Bonchev–Trinajstić information content (AvgIpc) is 2.41. The van der Waals surface area contributed by atoms with Gasteiger partial charge in [-0.2, -0.15) is 0 Å². The Labute approximate surface area is 112 Å². The second-order valence-corrected chi connectivity index (χ2v) is 4.59. The predicted molar refractivity (Wildman–Crippen MR) is 71.7 cm³/mol. The number of aliphatic hydroxyl groups excluding tert-OH is 1. The first-order chi connectivity index (χ1) is 9.15. The SMILES string of the molecule is CCC(CO)C(=O)Nc1cc2c(cc1C)OCCO2. The lowest BCUT2D eigenvalue weighted by Crippen LogP contribution is -2.25. The zero-order valence-corrected chi connectivity index (χ0v) is 11.2. The predicted octanol–water partition coefficient (Wildman–Crippen LogP) is 1.72. The van der Waals surface area contributed by atoms with Crippen molar-refractivity contribution in [1.82, 2.24) is 0 Å². The van der Waals surface area contributed by atoms with Crippen LogP contribution in [0.25, 0.3) is 0 Å². The topological polar surface area (TPSA) is 67.8 Å². The molecule has 1 heterocycles. The molecular formula is C14H19NO4. The summed E-state index contributed by atoms with van der Waals surface area (Å²) in [6.07, 6.45) is 0.603. The van der Waals surface area contributed by atoms with E-state index in [9.17, 15) is 4.79 Å². The summed E-state index contributed by atoms with van der Waals surface area (Å²) in [5.41, 5.74) is 1.60. The zero-order valence-electron chi connectivity index (χ0n) is 11.2. The van der Waals surface area contributed by atoms with Gasteiger partial charge in [0.05, 0.1) is 12.5 Å². The van der Waals surface area contributed by atoms with Gasteiger partial charge in [-0.1, -0.05) is 6.92 Å². The highest BCUT2D eigenvalue weighted by Crippen LogP contribution is 2.35. The molecule has 5 heteroatoms. The third-order valence-electron chi connectivity index (χ3n) is 3.23. The minimum atomic E-state index is -0.382. The van der Waals surface area contributed by atoms with E-state index in [2.05, 4.69) is 5.32 Å².